The second-order valence-electron chi connectivity index (χ2n) is 4.31. The Bertz CT molecular complexity index is 783. The number of nitrogens with one attached hydrogen (secondary N) is 1. The summed E-state index contributed by atoms with van der Waals surface area (Å²) >= 11 is 5.80. The highest BCUT2D eigenvalue weighted by atomic mass is 35.5. The van der Waals surface area contributed by atoms with Crippen molar-refractivity contribution in [2.24, 2.45) is 7.05 Å². The van der Waals surface area contributed by atoms with Crippen LogP contribution in [0.3, 0.4) is 0 Å². The molecular formula is C14H11ClN2O4. The van der Waals surface area contributed by atoms with Crippen LogP contribution in [0.4, 0.5) is 5.69 Å². The Morgan fingerprint density at radius 2 is 1.95 bits per heavy atom. The number of benzene rings is 1. The van der Waals surface area contributed by atoms with Crippen molar-refractivity contribution in [1.29, 1.82) is 0 Å². The van der Waals surface area contributed by atoms with Crippen molar-refractivity contribution < 1.29 is 14.7 Å². The molecule has 0 unspecified atom stereocenters. The van der Waals surface area contributed by atoms with Crippen LogP contribution in [0.25, 0.3) is 0 Å². The highest BCUT2D eigenvalue weighted by Gasteiger charge is 2.14. The minimum Gasteiger partial charge on any atom is -0.478 e. The SMILES string of the molecule is Cn1ccc(C(=O)Nc2cc(Cl)ccc2C(=O)O)cc1=O. The van der Waals surface area contributed by atoms with Crippen LogP contribution in [0.2, 0.25) is 5.02 Å². The molecule has 1 heterocycles. The predicted molar refractivity (Wildman–Crippen MR) is 78.0 cm³/mol. The summed E-state index contributed by atoms with van der Waals surface area (Å²) in [6, 6.07) is 6.68. The van der Waals surface area contributed by atoms with Crippen LogP contribution < -0.4 is 10.9 Å². The number of aromatic carboxylic acids is 1. The van der Waals surface area contributed by atoms with E-state index in [1.807, 2.05) is 0 Å². The fraction of sp³-hybridized carbons (Fsp3) is 0.0714. The van der Waals surface area contributed by atoms with E-state index >= 15 is 0 Å². The van der Waals surface area contributed by atoms with Crippen LogP contribution in [0.5, 0.6) is 0 Å². The fourth-order valence-corrected chi connectivity index (χ4v) is 1.86. The molecule has 1 aromatic heterocycles. The molecule has 2 aromatic rings. The molecule has 1 aromatic carbocycles. The number of anilines is 1. The van der Waals surface area contributed by atoms with Crippen molar-refractivity contribution in [3.8, 4) is 0 Å². The molecule has 0 saturated heterocycles. The summed E-state index contributed by atoms with van der Waals surface area (Å²) in [5.41, 5.74) is -0.223. The van der Waals surface area contributed by atoms with E-state index in [4.69, 9.17) is 16.7 Å². The zero-order chi connectivity index (χ0) is 15.6. The van der Waals surface area contributed by atoms with E-state index in [-0.39, 0.29) is 22.4 Å². The Morgan fingerprint density at radius 3 is 2.57 bits per heavy atom. The van der Waals surface area contributed by atoms with Crippen LogP contribution in [0.1, 0.15) is 20.7 Å². The van der Waals surface area contributed by atoms with E-state index in [9.17, 15) is 14.4 Å². The third-order valence-corrected chi connectivity index (χ3v) is 3.06. The number of nitrogens with zero attached hydrogens (tertiary/aromatic N) is 1. The number of amides is 1. The van der Waals surface area contributed by atoms with Gasteiger partial charge >= 0.3 is 5.97 Å². The average Bonchev–Trinajstić information content (AvgIpc) is 2.41. The van der Waals surface area contributed by atoms with E-state index < -0.39 is 11.9 Å². The molecule has 0 bridgehead atoms. The molecule has 6 nitrogen and oxygen atoms in total. The summed E-state index contributed by atoms with van der Waals surface area (Å²) in [6.07, 6.45) is 1.45. The molecule has 1 amide bonds. The normalized spacial score (nSPS) is 10.2. The summed E-state index contributed by atoms with van der Waals surface area (Å²) in [5.74, 6) is -1.77. The fourth-order valence-electron chi connectivity index (χ4n) is 1.69. The number of hydrogen-bond donors (Lipinski definition) is 2. The van der Waals surface area contributed by atoms with Gasteiger partial charge in [-0.15, -0.1) is 0 Å². The standard InChI is InChI=1S/C14H11ClN2O4/c1-17-5-4-8(6-12(17)18)13(19)16-11-7-9(15)2-3-10(11)14(20)21/h2-7H,1H3,(H,16,19)(H,20,21). The molecule has 108 valence electrons. The zero-order valence-corrected chi connectivity index (χ0v) is 11.7. The lowest BCUT2D eigenvalue weighted by Gasteiger charge is -2.09. The molecule has 0 atom stereocenters. The number of halogens is 1. The Hall–Kier alpha value is -2.60. The minimum atomic E-state index is -1.19. The maximum atomic E-state index is 12.1. The summed E-state index contributed by atoms with van der Waals surface area (Å²) < 4.78 is 1.32. The molecule has 0 aliphatic rings. The van der Waals surface area contributed by atoms with E-state index in [2.05, 4.69) is 5.32 Å². The first-order valence-electron chi connectivity index (χ1n) is 5.89. The molecular weight excluding hydrogens is 296 g/mol. The molecule has 21 heavy (non-hydrogen) atoms. The Kier molecular flexibility index (Phi) is 4.09. The molecule has 0 spiro atoms. The first kappa shape index (κ1) is 14.8. The monoisotopic (exact) mass is 306 g/mol. The van der Waals surface area contributed by atoms with Gasteiger partial charge < -0.3 is 15.0 Å². The number of pyridine rings is 1. The van der Waals surface area contributed by atoms with Crippen LogP contribution in [-0.4, -0.2) is 21.6 Å². The van der Waals surface area contributed by atoms with Crippen molar-refractivity contribution in [3.05, 3.63) is 63.0 Å². The summed E-state index contributed by atoms with van der Waals surface area (Å²) in [7, 11) is 1.56. The maximum Gasteiger partial charge on any atom is 0.337 e. The van der Waals surface area contributed by atoms with Crippen molar-refractivity contribution in [1.82, 2.24) is 4.57 Å². The highest BCUT2D eigenvalue weighted by molar-refractivity contribution is 6.31. The molecule has 0 fully saturated rings. The van der Waals surface area contributed by atoms with Crippen LogP contribution >= 0.6 is 11.6 Å². The van der Waals surface area contributed by atoms with E-state index in [1.165, 1.54) is 41.1 Å². The number of rotatable bonds is 3. The number of hydrogen-bond acceptors (Lipinski definition) is 3. The smallest absolute Gasteiger partial charge is 0.337 e. The van der Waals surface area contributed by atoms with Gasteiger partial charge in [-0.1, -0.05) is 11.6 Å². The molecule has 0 saturated carbocycles. The second kappa shape index (κ2) is 5.80. The Morgan fingerprint density at radius 1 is 1.24 bits per heavy atom. The van der Waals surface area contributed by atoms with E-state index in [0.29, 0.717) is 5.02 Å². The Labute approximate surface area is 124 Å². The first-order valence-corrected chi connectivity index (χ1v) is 6.27. The van der Waals surface area contributed by atoms with Crippen molar-refractivity contribution in [3.63, 3.8) is 0 Å². The molecule has 0 aliphatic heterocycles. The van der Waals surface area contributed by atoms with Crippen LogP contribution in [0, 0.1) is 0 Å². The lowest BCUT2D eigenvalue weighted by atomic mass is 10.1. The molecule has 2 rings (SSSR count). The third-order valence-electron chi connectivity index (χ3n) is 2.83. The molecule has 2 N–H and O–H groups in total. The third kappa shape index (κ3) is 3.29. The predicted octanol–water partition coefficient (Wildman–Crippen LogP) is 1.99. The lowest BCUT2D eigenvalue weighted by Crippen LogP contribution is -2.20. The van der Waals surface area contributed by atoms with Gasteiger partial charge in [0, 0.05) is 29.9 Å². The summed E-state index contributed by atoms with van der Waals surface area (Å²) in [6.45, 7) is 0. The first-order chi connectivity index (χ1) is 9.88. The van der Waals surface area contributed by atoms with E-state index in [1.54, 1.807) is 7.05 Å². The quantitative estimate of drug-likeness (QED) is 0.907. The van der Waals surface area contributed by atoms with Gasteiger partial charge in [-0.25, -0.2) is 4.79 Å². The molecule has 0 radical (unpaired) electrons. The topological polar surface area (TPSA) is 88.4 Å². The Balaban J connectivity index is 2.35. The highest BCUT2D eigenvalue weighted by Crippen LogP contribution is 2.21. The summed E-state index contributed by atoms with van der Waals surface area (Å²) in [5, 5.41) is 11.8. The van der Waals surface area contributed by atoms with Crippen LogP contribution in [0.15, 0.2) is 41.3 Å². The average molecular weight is 307 g/mol. The number of carboxylic acid groups (broad SMARTS) is 1. The maximum absolute atomic E-state index is 12.1. The largest absolute Gasteiger partial charge is 0.478 e. The number of aryl methyl sites for hydroxylation is 1. The summed E-state index contributed by atoms with van der Waals surface area (Å²) in [4.78, 5) is 34.7. The van der Waals surface area contributed by atoms with Crippen LogP contribution in [-0.2, 0) is 7.05 Å². The van der Waals surface area contributed by atoms with Gasteiger partial charge in [0.15, 0.2) is 0 Å². The van der Waals surface area contributed by atoms with E-state index in [0.717, 1.165) is 0 Å². The van der Waals surface area contributed by atoms with Gasteiger partial charge in [0.1, 0.15) is 0 Å². The number of carbonyl (C=O) groups is 2. The zero-order valence-electron chi connectivity index (χ0n) is 11.0. The number of aromatic nitrogens is 1. The molecule has 0 aliphatic carbocycles. The van der Waals surface area contributed by atoms with Gasteiger partial charge in [0.05, 0.1) is 11.3 Å². The lowest BCUT2D eigenvalue weighted by molar-refractivity contribution is 0.0698. The van der Waals surface area contributed by atoms with Crippen molar-refractivity contribution in [2.45, 2.75) is 0 Å². The van der Waals surface area contributed by atoms with Gasteiger partial charge in [-0.05, 0) is 24.3 Å². The second-order valence-corrected chi connectivity index (χ2v) is 4.75. The van der Waals surface area contributed by atoms with Gasteiger partial charge in [-0.2, -0.15) is 0 Å². The van der Waals surface area contributed by atoms with Gasteiger partial charge in [-0.3, -0.25) is 9.59 Å². The number of carbonyl (C=O) groups excluding carboxylic acids is 1. The van der Waals surface area contributed by atoms with Crippen molar-refractivity contribution in [2.75, 3.05) is 5.32 Å². The molecule has 7 heteroatoms. The van der Waals surface area contributed by atoms with Gasteiger partial charge in [0.2, 0.25) is 0 Å². The van der Waals surface area contributed by atoms with Gasteiger partial charge in [0.25, 0.3) is 11.5 Å². The number of carboxylic acids is 1. The minimum absolute atomic E-state index is 0.0701. The van der Waals surface area contributed by atoms with Crippen molar-refractivity contribution >= 4 is 29.2 Å².